The van der Waals surface area contributed by atoms with Crippen LogP contribution in [0.4, 0.5) is 0 Å². The van der Waals surface area contributed by atoms with Crippen LogP contribution in [0.3, 0.4) is 0 Å². The highest BCUT2D eigenvalue weighted by molar-refractivity contribution is 9.10. The smallest absolute Gasteiger partial charge is 0.0595 e. The van der Waals surface area contributed by atoms with Crippen molar-refractivity contribution in [2.24, 2.45) is 5.92 Å². The van der Waals surface area contributed by atoms with Crippen molar-refractivity contribution >= 4 is 55.1 Å². The Balaban J connectivity index is 2.07. The lowest BCUT2D eigenvalue weighted by Gasteiger charge is -2.15. The Bertz CT molecular complexity index is 584. The van der Waals surface area contributed by atoms with E-state index in [1.165, 1.54) is 11.1 Å². The van der Waals surface area contributed by atoms with Crippen LogP contribution in [0, 0.1) is 5.92 Å². The SMILES string of the molecule is Clc1ccc(CC(CBr)Cc2cccc(Br)c2)cc1Cl. The zero-order valence-corrected chi connectivity index (χ0v) is 15.4. The summed E-state index contributed by atoms with van der Waals surface area (Å²) in [6.07, 6.45) is 2.01. The van der Waals surface area contributed by atoms with Crippen molar-refractivity contribution in [3.8, 4) is 0 Å². The van der Waals surface area contributed by atoms with E-state index in [-0.39, 0.29) is 0 Å². The van der Waals surface area contributed by atoms with Crippen molar-refractivity contribution in [3.05, 3.63) is 68.1 Å². The van der Waals surface area contributed by atoms with E-state index in [4.69, 9.17) is 23.2 Å². The molecule has 0 spiro atoms. The fourth-order valence-electron chi connectivity index (χ4n) is 2.18. The summed E-state index contributed by atoms with van der Waals surface area (Å²) in [6, 6.07) is 14.3. The van der Waals surface area contributed by atoms with E-state index >= 15 is 0 Å². The fraction of sp³-hybridized carbons (Fsp3) is 0.250. The van der Waals surface area contributed by atoms with Gasteiger partial charge in [0.25, 0.3) is 0 Å². The zero-order valence-electron chi connectivity index (χ0n) is 10.8. The summed E-state index contributed by atoms with van der Waals surface area (Å²) in [5, 5.41) is 2.19. The first-order valence-electron chi connectivity index (χ1n) is 6.33. The molecule has 0 fully saturated rings. The largest absolute Gasteiger partial charge is 0.0925 e. The molecule has 1 atom stereocenters. The van der Waals surface area contributed by atoms with Crippen LogP contribution in [-0.4, -0.2) is 5.33 Å². The Morgan fingerprint density at radius 1 is 0.900 bits per heavy atom. The quantitative estimate of drug-likeness (QED) is 0.466. The van der Waals surface area contributed by atoms with Gasteiger partial charge in [0.2, 0.25) is 0 Å². The molecule has 106 valence electrons. The van der Waals surface area contributed by atoms with Crippen LogP contribution >= 0.6 is 55.1 Å². The van der Waals surface area contributed by atoms with Gasteiger partial charge in [-0.15, -0.1) is 0 Å². The van der Waals surface area contributed by atoms with Gasteiger partial charge in [-0.05, 0) is 54.2 Å². The maximum Gasteiger partial charge on any atom is 0.0595 e. The molecule has 1 unspecified atom stereocenters. The van der Waals surface area contributed by atoms with Gasteiger partial charge < -0.3 is 0 Å². The van der Waals surface area contributed by atoms with Gasteiger partial charge in [-0.25, -0.2) is 0 Å². The second-order valence-electron chi connectivity index (χ2n) is 4.81. The summed E-state index contributed by atoms with van der Waals surface area (Å²) in [5.41, 5.74) is 2.56. The molecule has 0 amide bonds. The molecule has 0 saturated carbocycles. The van der Waals surface area contributed by atoms with Crippen molar-refractivity contribution < 1.29 is 0 Å². The molecular weight excluding hydrogens is 423 g/mol. The Morgan fingerprint density at radius 3 is 2.20 bits per heavy atom. The number of alkyl halides is 1. The molecule has 2 aromatic rings. The Labute approximate surface area is 146 Å². The van der Waals surface area contributed by atoms with Crippen LogP contribution in [0.25, 0.3) is 0 Å². The third kappa shape index (κ3) is 4.77. The van der Waals surface area contributed by atoms with Crippen LogP contribution in [0.2, 0.25) is 10.0 Å². The molecule has 0 saturated heterocycles. The molecule has 0 aliphatic carbocycles. The van der Waals surface area contributed by atoms with E-state index in [1.807, 2.05) is 24.3 Å². The predicted molar refractivity (Wildman–Crippen MR) is 95.3 cm³/mol. The molecule has 0 heterocycles. The van der Waals surface area contributed by atoms with Crippen molar-refractivity contribution in [2.75, 3.05) is 5.33 Å². The van der Waals surface area contributed by atoms with Crippen molar-refractivity contribution in [2.45, 2.75) is 12.8 Å². The summed E-state index contributed by atoms with van der Waals surface area (Å²) >= 11 is 19.1. The number of hydrogen-bond donors (Lipinski definition) is 0. The molecular formula is C16H14Br2Cl2. The van der Waals surface area contributed by atoms with E-state index in [0.717, 1.165) is 22.6 Å². The maximum absolute atomic E-state index is 6.07. The molecule has 0 bridgehead atoms. The number of benzene rings is 2. The van der Waals surface area contributed by atoms with Gasteiger partial charge in [0.1, 0.15) is 0 Å². The lowest BCUT2D eigenvalue weighted by molar-refractivity contribution is 0.591. The highest BCUT2D eigenvalue weighted by atomic mass is 79.9. The molecule has 0 N–H and O–H groups in total. The summed E-state index contributed by atoms with van der Waals surface area (Å²) < 4.78 is 1.12. The molecule has 0 radical (unpaired) electrons. The third-order valence-electron chi connectivity index (χ3n) is 3.14. The normalized spacial score (nSPS) is 12.4. The Morgan fingerprint density at radius 2 is 1.60 bits per heavy atom. The summed E-state index contributed by atoms with van der Waals surface area (Å²) in [6.45, 7) is 0. The van der Waals surface area contributed by atoms with E-state index < -0.39 is 0 Å². The maximum atomic E-state index is 6.07. The number of halogens is 4. The lowest BCUT2D eigenvalue weighted by atomic mass is 9.94. The van der Waals surface area contributed by atoms with Gasteiger partial charge in [-0.2, -0.15) is 0 Å². The number of hydrogen-bond acceptors (Lipinski definition) is 0. The zero-order chi connectivity index (χ0) is 14.5. The average molecular weight is 437 g/mol. The van der Waals surface area contributed by atoms with Gasteiger partial charge in [-0.1, -0.05) is 73.3 Å². The topological polar surface area (TPSA) is 0 Å². The van der Waals surface area contributed by atoms with E-state index in [0.29, 0.717) is 16.0 Å². The van der Waals surface area contributed by atoms with E-state index in [1.54, 1.807) is 0 Å². The minimum absolute atomic E-state index is 0.529. The molecule has 0 aromatic heterocycles. The second-order valence-corrected chi connectivity index (χ2v) is 7.18. The van der Waals surface area contributed by atoms with Gasteiger partial charge in [0, 0.05) is 9.80 Å². The minimum Gasteiger partial charge on any atom is -0.0925 e. The molecule has 2 rings (SSSR count). The van der Waals surface area contributed by atoms with Crippen molar-refractivity contribution in [1.29, 1.82) is 0 Å². The van der Waals surface area contributed by atoms with Crippen LogP contribution in [0.15, 0.2) is 46.9 Å². The highest BCUT2D eigenvalue weighted by Gasteiger charge is 2.11. The van der Waals surface area contributed by atoms with E-state index in [9.17, 15) is 0 Å². The first-order chi connectivity index (χ1) is 9.58. The van der Waals surface area contributed by atoms with E-state index in [2.05, 4.69) is 50.1 Å². The first kappa shape index (κ1) is 16.4. The molecule has 0 aliphatic rings. The van der Waals surface area contributed by atoms with Gasteiger partial charge in [0.05, 0.1) is 10.0 Å². The minimum atomic E-state index is 0.529. The summed E-state index contributed by atoms with van der Waals surface area (Å²) in [5.74, 6) is 0.529. The second kappa shape index (κ2) is 7.84. The standard InChI is InChI=1S/C16H14Br2Cl2/c17-10-13(6-11-2-1-3-14(18)8-11)7-12-4-5-15(19)16(20)9-12/h1-5,8-9,13H,6-7,10H2. The van der Waals surface area contributed by atoms with Gasteiger partial charge >= 0.3 is 0 Å². The van der Waals surface area contributed by atoms with Gasteiger partial charge in [-0.3, -0.25) is 0 Å². The first-order valence-corrected chi connectivity index (χ1v) is 9.00. The molecule has 20 heavy (non-hydrogen) atoms. The summed E-state index contributed by atoms with van der Waals surface area (Å²) in [4.78, 5) is 0. The lowest BCUT2D eigenvalue weighted by Crippen LogP contribution is -2.10. The van der Waals surface area contributed by atoms with Crippen LogP contribution < -0.4 is 0 Å². The number of rotatable bonds is 5. The van der Waals surface area contributed by atoms with Crippen LogP contribution in [-0.2, 0) is 12.8 Å². The van der Waals surface area contributed by atoms with Gasteiger partial charge in [0.15, 0.2) is 0 Å². The molecule has 2 aromatic carbocycles. The third-order valence-corrected chi connectivity index (χ3v) is 5.29. The average Bonchev–Trinajstić information content (AvgIpc) is 2.42. The monoisotopic (exact) mass is 434 g/mol. The van der Waals surface area contributed by atoms with Crippen molar-refractivity contribution in [1.82, 2.24) is 0 Å². The molecule has 0 aliphatic heterocycles. The summed E-state index contributed by atoms with van der Waals surface area (Å²) in [7, 11) is 0. The molecule has 4 heteroatoms. The van der Waals surface area contributed by atoms with Crippen molar-refractivity contribution in [3.63, 3.8) is 0 Å². The Kier molecular flexibility index (Phi) is 6.41. The molecule has 0 nitrogen and oxygen atoms in total. The van der Waals surface area contributed by atoms with Crippen LogP contribution in [0.5, 0.6) is 0 Å². The van der Waals surface area contributed by atoms with Crippen LogP contribution in [0.1, 0.15) is 11.1 Å². The predicted octanol–water partition coefficient (Wildman–Crippen LogP) is 6.55. The Hall–Kier alpha value is -0.0200. The highest BCUT2D eigenvalue weighted by Crippen LogP contribution is 2.25. The fourth-order valence-corrected chi connectivity index (χ4v) is 3.40.